The highest BCUT2D eigenvalue weighted by molar-refractivity contribution is 8.00. The maximum Gasteiger partial charge on any atom is 0.183 e. The first-order valence-electron chi connectivity index (χ1n) is 6.02. The van der Waals surface area contributed by atoms with Crippen LogP contribution in [0, 0.1) is 6.92 Å². The van der Waals surface area contributed by atoms with E-state index in [1.165, 1.54) is 10.3 Å². The number of H-pyrrole nitrogens is 1. The standard InChI is InChI=1S/C15H13NOS2/c1-10-6-7-14(19-10)13(17)9-18-15-8-11-4-2-3-5-12(11)16-15/h2-8,16H,9H2,1H3. The Morgan fingerprint density at radius 2 is 2.11 bits per heavy atom. The summed E-state index contributed by atoms with van der Waals surface area (Å²) in [6.07, 6.45) is 0. The van der Waals surface area contributed by atoms with Crippen LogP contribution >= 0.6 is 23.1 Å². The Hall–Kier alpha value is -1.52. The van der Waals surface area contributed by atoms with E-state index >= 15 is 0 Å². The number of aromatic amines is 1. The van der Waals surface area contributed by atoms with Gasteiger partial charge in [-0.2, -0.15) is 0 Å². The van der Waals surface area contributed by atoms with Crippen LogP contribution in [0.15, 0.2) is 47.5 Å². The molecule has 0 spiro atoms. The molecule has 0 fully saturated rings. The maximum atomic E-state index is 12.0. The van der Waals surface area contributed by atoms with Gasteiger partial charge in [0.15, 0.2) is 5.78 Å². The number of carbonyl (C=O) groups is 1. The topological polar surface area (TPSA) is 32.9 Å². The van der Waals surface area contributed by atoms with E-state index in [1.54, 1.807) is 23.1 Å². The minimum Gasteiger partial charge on any atom is -0.350 e. The smallest absolute Gasteiger partial charge is 0.183 e. The summed E-state index contributed by atoms with van der Waals surface area (Å²) in [5.74, 6) is 0.675. The number of para-hydroxylation sites is 1. The zero-order valence-corrected chi connectivity index (χ0v) is 12.1. The lowest BCUT2D eigenvalue weighted by atomic mass is 10.3. The van der Waals surface area contributed by atoms with Crippen LogP contribution in [0.1, 0.15) is 14.5 Å². The van der Waals surface area contributed by atoms with Gasteiger partial charge in [-0.15, -0.1) is 23.1 Å². The lowest BCUT2D eigenvalue weighted by Crippen LogP contribution is -1.98. The lowest BCUT2D eigenvalue weighted by molar-refractivity contribution is 0.102. The molecule has 0 aliphatic heterocycles. The number of aryl methyl sites for hydroxylation is 1. The number of hydrogen-bond donors (Lipinski definition) is 1. The number of hydrogen-bond acceptors (Lipinski definition) is 3. The lowest BCUT2D eigenvalue weighted by Gasteiger charge is -1.96. The molecule has 0 radical (unpaired) electrons. The summed E-state index contributed by atoms with van der Waals surface area (Å²) in [7, 11) is 0. The van der Waals surface area contributed by atoms with Crippen molar-refractivity contribution in [3.63, 3.8) is 0 Å². The molecule has 2 heterocycles. The zero-order valence-electron chi connectivity index (χ0n) is 10.5. The van der Waals surface area contributed by atoms with Crippen molar-refractivity contribution in [1.29, 1.82) is 0 Å². The van der Waals surface area contributed by atoms with E-state index in [2.05, 4.69) is 17.1 Å². The number of carbonyl (C=O) groups excluding carboxylic acids is 1. The third-order valence-corrected chi connectivity index (χ3v) is 4.86. The minimum absolute atomic E-state index is 0.196. The molecule has 0 atom stereocenters. The van der Waals surface area contributed by atoms with Gasteiger partial charge in [-0.25, -0.2) is 0 Å². The van der Waals surface area contributed by atoms with Gasteiger partial charge in [0.05, 0.1) is 15.7 Å². The predicted molar refractivity (Wildman–Crippen MR) is 82.4 cm³/mol. The van der Waals surface area contributed by atoms with Crippen LogP contribution in [0.3, 0.4) is 0 Å². The number of benzene rings is 1. The van der Waals surface area contributed by atoms with E-state index < -0.39 is 0 Å². The molecule has 3 aromatic rings. The summed E-state index contributed by atoms with van der Waals surface area (Å²) < 4.78 is 0. The summed E-state index contributed by atoms with van der Waals surface area (Å²) in [6, 6.07) is 14.1. The van der Waals surface area contributed by atoms with E-state index in [0.29, 0.717) is 5.75 Å². The molecule has 3 rings (SSSR count). The summed E-state index contributed by atoms with van der Waals surface area (Å²) >= 11 is 3.12. The Morgan fingerprint density at radius 3 is 2.84 bits per heavy atom. The third kappa shape index (κ3) is 2.74. The van der Waals surface area contributed by atoms with E-state index in [0.717, 1.165) is 15.4 Å². The van der Waals surface area contributed by atoms with E-state index in [4.69, 9.17) is 0 Å². The third-order valence-electron chi connectivity index (χ3n) is 2.88. The molecule has 0 saturated heterocycles. The van der Waals surface area contributed by atoms with Crippen molar-refractivity contribution < 1.29 is 4.79 Å². The molecule has 96 valence electrons. The Balaban J connectivity index is 1.70. The van der Waals surface area contributed by atoms with Crippen molar-refractivity contribution in [2.75, 3.05) is 5.75 Å². The monoisotopic (exact) mass is 287 g/mol. The molecule has 2 aromatic heterocycles. The van der Waals surface area contributed by atoms with Crippen molar-refractivity contribution >= 4 is 39.8 Å². The quantitative estimate of drug-likeness (QED) is 0.565. The van der Waals surface area contributed by atoms with Crippen molar-refractivity contribution in [3.05, 3.63) is 52.2 Å². The van der Waals surface area contributed by atoms with Crippen LogP contribution in [-0.2, 0) is 0 Å². The van der Waals surface area contributed by atoms with Gasteiger partial charge >= 0.3 is 0 Å². The second kappa shape index (κ2) is 5.23. The summed E-state index contributed by atoms with van der Waals surface area (Å²) in [4.78, 5) is 17.4. The SMILES string of the molecule is Cc1ccc(C(=O)CSc2cc3ccccc3[nH]2)s1. The molecule has 0 aliphatic carbocycles. The first kappa shape index (κ1) is 12.5. The Kier molecular flexibility index (Phi) is 3.44. The van der Waals surface area contributed by atoms with Crippen LogP contribution in [-0.4, -0.2) is 16.5 Å². The normalized spacial score (nSPS) is 11.0. The molecular formula is C15H13NOS2. The first-order chi connectivity index (χ1) is 9.22. The van der Waals surface area contributed by atoms with E-state index in [-0.39, 0.29) is 5.78 Å². The van der Waals surface area contributed by atoms with Crippen molar-refractivity contribution in [2.24, 2.45) is 0 Å². The predicted octanol–water partition coefficient (Wildman–Crippen LogP) is 4.51. The maximum absolute atomic E-state index is 12.0. The summed E-state index contributed by atoms with van der Waals surface area (Å²) in [6.45, 7) is 2.02. The fourth-order valence-electron chi connectivity index (χ4n) is 1.92. The zero-order chi connectivity index (χ0) is 13.2. The van der Waals surface area contributed by atoms with Crippen LogP contribution < -0.4 is 0 Å². The van der Waals surface area contributed by atoms with E-state index in [9.17, 15) is 4.79 Å². The Labute approximate surface area is 119 Å². The second-order valence-electron chi connectivity index (χ2n) is 4.34. The summed E-state index contributed by atoms with van der Waals surface area (Å²) in [5.41, 5.74) is 1.12. The number of Topliss-reactive ketones (excluding diaryl/α,β-unsaturated/α-hetero) is 1. The van der Waals surface area contributed by atoms with Crippen molar-refractivity contribution in [1.82, 2.24) is 4.98 Å². The van der Waals surface area contributed by atoms with Gasteiger partial charge in [-0.3, -0.25) is 4.79 Å². The highest BCUT2D eigenvalue weighted by atomic mass is 32.2. The van der Waals surface area contributed by atoms with Crippen molar-refractivity contribution in [2.45, 2.75) is 11.9 Å². The van der Waals surface area contributed by atoms with Gasteiger partial charge in [0.2, 0.25) is 0 Å². The molecule has 2 nitrogen and oxygen atoms in total. The number of thioether (sulfide) groups is 1. The Bertz CT molecular complexity index is 693. The van der Waals surface area contributed by atoms with Gasteiger partial charge in [0.1, 0.15) is 0 Å². The number of nitrogens with one attached hydrogen (secondary N) is 1. The molecule has 1 N–H and O–H groups in total. The molecule has 1 aromatic carbocycles. The highest BCUT2D eigenvalue weighted by Gasteiger charge is 2.09. The molecular weight excluding hydrogens is 274 g/mol. The molecule has 19 heavy (non-hydrogen) atoms. The van der Waals surface area contributed by atoms with E-state index in [1.807, 2.05) is 37.3 Å². The average molecular weight is 287 g/mol. The number of ketones is 1. The number of fused-ring (bicyclic) bond motifs is 1. The van der Waals surface area contributed by atoms with Crippen LogP contribution in [0.25, 0.3) is 10.9 Å². The van der Waals surface area contributed by atoms with Crippen LogP contribution in [0.2, 0.25) is 0 Å². The number of thiophene rings is 1. The molecule has 0 amide bonds. The molecule has 0 unspecified atom stereocenters. The van der Waals surface area contributed by atoms with Crippen molar-refractivity contribution in [3.8, 4) is 0 Å². The molecule has 4 heteroatoms. The molecule has 0 aliphatic rings. The van der Waals surface area contributed by atoms with Crippen LogP contribution in [0.4, 0.5) is 0 Å². The van der Waals surface area contributed by atoms with Gasteiger partial charge in [-0.05, 0) is 31.2 Å². The number of rotatable bonds is 4. The molecule has 0 saturated carbocycles. The largest absolute Gasteiger partial charge is 0.350 e. The average Bonchev–Trinajstić information content (AvgIpc) is 3.01. The first-order valence-corrected chi connectivity index (χ1v) is 7.83. The fourth-order valence-corrected chi connectivity index (χ4v) is 3.65. The fraction of sp³-hybridized carbons (Fsp3) is 0.133. The molecule has 0 bridgehead atoms. The van der Waals surface area contributed by atoms with Gasteiger partial charge in [0, 0.05) is 15.8 Å². The van der Waals surface area contributed by atoms with Crippen LogP contribution in [0.5, 0.6) is 0 Å². The number of aromatic nitrogens is 1. The highest BCUT2D eigenvalue weighted by Crippen LogP contribution is 2.25. The minimum atomic E-state index is 0.196. The summed E-state index contributed by atoms with van der Waals surface area (Å²) in [5, 5.41) is 2.23. The second-order valence-corrected chi connectivity index (χ2v) is 6.65. The van der Waals surface area contributed by atoms with Gasteiger partial charge in [-0.1, -0.05) is 18.2 Å². The van der Waals surface area contributed by atoms with Gasteiger partial charge < -0.3 is 4.98 Å². The van der Waals surface area contributed by atoms with Gasteiger partial charge in [0.25, 0.3) is 0 Å². The Morgan fingerprint density at radius 1 is 1.26 bits per heavy atom.